The molecule has 1 unspecified atom stereocenters. The smallest absolute Gasteiger partial charge is 0.310 e. The number of carboxylic acid groups (broad SMARTS) is 1. The average molecular weight is 414 g/mol. The Labute approximate surface area is 175 Å². The van der Waals surface area contributed by atoms with Gasteiger partial charge < -0.3 is 14.7 Å². The maximum atomic E-state index is 12.9. The summed E-state index contributed by atoms with van der Waals surface area (Å²) in [6.45, 7) is 8.96. The number of hydrogen-bond donors (Lipinski definition) is 1. The van der Waals surface area contributed by atoms with Crippen LogP contribution in [0, 0.1) is 5.41 Å². The second-order valence-corrected chi connectivity index (χ2v) is 9.81. The van der Waals surface area contributed by atoms with Gasteiger partial charge in [-0.05, 0) is 35.4 Å². The normalized spacial score (nSPS) is 19.7. The minimum absolute atomic E-state index is 0.0752. The van der Waals surface area contributed by atoms with E-state index < -0.39 is 11.9 Å². The predicted octanol–water partition coefficient (Wildman–Crippen LogP) is 4.59. The number of benzene rings is 1. The number of carboxylic acids is 1. The van der Waals surface area contributed by atoms with Crippen LogP contribution in [0.25, 0.3) is 11.1 Å². The SMILES string of the molecule is CC(C(=O)O)c1cccc(-c2c(N3CCOCC3)sc3c2CC(C)(C)CC3=O)c1. The van der Waals surface area contributed by atoms with Crippen LogP contribution < -0.4 is 4.90 Å². The van der Waals surface area contributed by atoms with Crippen molar-refractivity contribution in [1.82, 2.24) is 0 Å². The molecule has 1 fully saturated rings. The topological polar surface area (TPSA) is 66.8 Å². The van der Waals surface area contributed by atoms with E-state index in [1.807, 2.05) is 24.3 Å². The molecule has 2 aliphatic rings. The van der Waals surface area contributed by atoms with E-state index in [0.29, 0.717) is 19.6 Å². The van der Waals surface area contributed by atoms with Crippen LogP contribution in [0.3, 0.4) is 0 Å². The van der Waals surface area contributed by atoms with E-state index >= 15 is 0 Å². The lowest BCUT2D eigenvalue weighted by Gasteiger charge is -2.30. The summed E-state index contributed by atoms with van der Waals surface area (Å²) in [6.07, 6.45) is 1.42. The number of rotatable bonds is 4. The lowest BCUT2D eigenvalue weighted by atomic mass is 9.75. The Bertz CT molecular complexity index is 956. The third kappa shape index (κ3) is 3.83. The minimum atomic E-state index is -0.834. The molecule has 0 saturated carbocycles. The van der Waals surface area contributed by atoms with E-state index in [9.17, 15) is 14.7 Å². The van der Waals surface area contributed by atoms with Gasteiger partial charge in [-0.25, -0.2) is 0 Å². The summed E-state index contributed by atoms with van der Waals surface area (Å²) in [4.78, 5) is 27.6. The van der Waals surface area contributed by atoms with Crippen LogP contribution in [0.1, 0.15) is 53.9 Å². The van der Waals surface area contributed by atoms with Gasteiger partial charge in [-0.15, -0.1) is 11.3 Å². The van der Waals surface area contributed by atoms with Crippen LogP contribution in [-0.4, -0.2) is 43.2 Å². The van der Waals surface area contributed by atoms with Crippen molar-refractivity contribution in [2.45, 2.75) is 39.5 Å². The highest BCUT2D eigenvalue weighted by atomic mass is 32.1. The zero-order valence-electron chi connectivity index (χ0n) is 17.2. The van der Waals surface area contributed by atoms with E-state index in [1.54, 1.807) is 18.3 Å². The van der Waals surface area contributed by atoms with Crippen molar-refractivity contribution in [3.05, 3.63) is 40.3 Å². The van der Waals surface area contributed by atoms with Gasteiger partial charge in [-0.2, -0.15) is 0 Å². The maximum Gasteiger partial charge on any atom is 0.310 e. The molecule has 2 aromatic rings. The number of aliphatic carboxylic acids is 1. The van der Waals surface area contributed by atoms with Crippen LogP contribution >= 0.6 is 11.3 Å². The molecule has 1 atom stereocenters. The molecule has 5 nitrogen and oxygen atoms in total. The number of morpholine rings is 1. The number of ketones is 1. The Balaban J connectivity index is 1.88. The Morgan fingerprint density at radius 2 is 1.97 bits per heavy atom. The van der Waals surface area contributed by atoms with Crippen molar-refractivity contribution < 1.29 is 19.4 Å². The van der Waals surface area contributed by atoms with Gasteiger partial charge in [0, 0.05) is 25.1 Å². The number of hydrogen-bond acceptors (Lipinski definition) is 5. The molecule has 1 N–H and O–H groups in total. The second-order valence-electron chi connectivity index (χ2n) is 8.82. The summed E-state index contributed by atoms with van der Waals surface area (Å²) in [5, 5.41) is 10.6. The molecule has 0 amide bonds. The first-order valence-electron chi connectivity index (χ1n) is 10.1. The number of ether oxygens (including phenoxy) is 1. The Hall–Kier alpha value is -2.18. The molecule has 154 valence electrons. The van der Waals surface area contributed by atoms with Gasteiger partial charge in [0.15, 0.2) is 5.78 Å². The van der Waals surface area contributed by atoms with Crippen LogP contribution in [0.4, 0.5) is 5.00 Å². The highest BCUT2D eigenvalue weighted by Gasteiger charge is 2.37. The molecule has 0 spiro atoms. The van der Waals surface area contributed by atoms with Gasteiger partial charge in [0.2, 0.25) is 0 Å². The first-order chi connectivity index (χ1) is 13.8. The Morgan fingerprint density at radius 1 is 1.24 bits per heavy atom. The molecule has 6 heteroatoms. The summed E-state index contributed by atoms with van der Waals surface area (Å²) in [6, 6.07) is 7.81. The van der Waals surface area contributed by atoms with Gasteiger partial charge >= 0.3 is 5.97 Å². The molecule has 1 aliphatic heterocycles. The molecular formula is C23H27NO4S. The van der Waals surface area contributed by atoms with Crippen molar-refractivity contribution >= 4 is 28.1 Å². The van der Waals surface area contributed by atoms with E-state index in [1.165, 1.54) is 0 Å². The number of thiophene rings is 1. The number of Topliss-reactive ketones (excluding diaryl/α,β-unsaturated/α-hetero) is 1. The van der Waals surface area contributed by atoms with Gasteiger partial charge in [0.1, 0.15) is 0 Å². The van der Waals surface area contributed by atoms with E-state index in [4.69, 9.17) is 4.74 Å². The van der Waals surface area contributed by atoms with Gasteiger partial charge in [-0.3, -0.25) is 9.59 Å². The van der Waals surface area contributed by atoms with E-state index in [0.717, 1.165) is 51.6 Å². The van der Waals surface area contributed by atoms with Crippen LogP contribution in [0.5, 0.6) is 0 Å². The molecule has 1 aromatic carbocycles. The predicted molar refractivity (Wildman–Crippen MR) is 115 cm³/mol. The summed E-state index contributed by atoms with van der Waals surface area (Å²) < 4.78 is 5.53. The number of carbonyl (C=O) groups excluding carboxylic acids is 1. The van der Waals surface area contributed by atoms with Crippen molar-refractivity contribution in [1.29, 1.82) is 0 Å². The summed E-state index contributed by atoms with van der Waals surface area (Å²) in [5.41, 5.74) is 3.93. The van der Waals surface area contributed by atoms with Crippen LogP contribution in [-0.2, 0) is 16.0 Å². The molecule has 0 radical (unpaired) electrons. The Morgan fingerprint density at radius 3 is 2.66 bits per heavy atom. The van der Waals surface area contributed by atoms with Crippen molar-refractivity contribution in [2.24, 2.45) is 5.41 Å². The lowest BCUT2D eigenvalue weighted by Crippen LogP contribution is -2.36. The molecule has 1 aromatic heterocycles. The number of nitrogens with zero attached hydrogens (tertiary/aromatic N) is 1. The fourth-order valence-electron chi connectivity index (χ4n) is 4.29. The minimum Gasteiger partial charge on any atom is -0.481 e. The van der Waals surface area contributed by atoms with Crippen LogP contribution in [0.15, 0.2) is 24.3 Å². The summed E-state index contributed by atoms with van der Waals surface area (Å²) in [5.74, 6) is -1.19. The van der Waals surface area contributed by atoms with Gasteiger partial charge in [-0.1, -0.05) is 38.1 Å². The molecule has 1 aliphatic carbocycles. The number of anilines is 1. The largest absolute Gasteiger partial charge is 0.481 e. The molecule has 1 saturated heterocycles. The molecular weight excluding hydrogens is 386 g/mol. The average Bonchev–Trinajstić information content (AvgIpc) is 3.06. The molecule has 0 bridgehead atoms. The lowest BCUT2D eigenvalue weighted by molar-refractivity contribution is -0.138. The van der Waals surface area contributed by atoms with E-state index in [2.05, 4.69) is 18.7 Å². The molecule has 29 heavy (non-hydrogen) atoms. The monoisotopic (exact) mass is 413 g/mol. The highest BCUT2D eigenvalue weighted by Crippen LogP contribution is 2.49. The van der Waals surface area contributed by atoms with Gasteiger partial charge in [0.05, 0.1) is 29.0 Å². The highest BCUT2D eigenvalue weighted by molar-refractivity contribution is 7.19. The fourth-order valence-corrected chi connectivity index (χ4v) is 5.63. The maximum absolute atomic E-state index is 12.9. The second kappa shape index (κ2) is 7.58. The Kier molecular flexibility index (Phi) is 5.25. The van der Waals surface area contributed by atoms with Crippen molar-refractivity contribution in [2.75, 3.05) is 31.2 Å². The quantitative estimate of drug-likeness (QED) is 0.794. The number of carbonyl (C=O) groups is 2. The van der Waals surface area contributed by atoms with Crippen LogP contribution in [0.2, 0.25) is 0 Å². The summed E-state index contributed by atoms with van der Waals surface area (Å²) >= 11 is 1.60. The summed E-state index contributed by atoms with van der Waals surface area (Å²) in [7, 11) is 0. The number of fused-ring (bicyclic) bond motifs is 1. The first kappa shape index (κ1) is 20.1. The van der Waals surface area contributed by atoms with Gasteiger partial charge in [0.25, 0.3) is 0 Å². The fraction of sp³-hybridized carbons (Fsp3) is 0.478. The zero-order chi connectivity index (χ0) is 20.8. The molecule has 2 heterocycles. The first-order valence-corrected chi connectivity index (χ1v) is 10.9. The third-order valence-corrected chi connectivity index (χ3v) is 7.21. The zero-order valence-corrected chi connectivity index (χ0v) is 18.0. The third-order valence-electron chi connectivity index (χ3n) is 5.88. The standard InChI is InChI=1S/C23H27NO4S/c1-14(22(26)27)15-5-4-6-16(11-15)19-17-12-23(2,3)13-18(25)20(17)29-21(19)24-7-9-28-10-8-24/h4-6,11,14H,7-10,12-13H2,1-3H3,(H,26,27). The van der Waals surface area contributed by atoms with Crippen molar-refractivity contribution in [3.63, 3.8) is 0 Å². The van der Waals surface area contributed by atoms with E-state index in [-0.39, 0.29) is 11.2 Å². The van der Waals surface area contributed by atoms with Crippen molar-refractivity contribution in [3.8, 4) is 11.1 Å². The molecule has 4 rings (SSSR count).